The van der Waals surface area contributed by atoms with Crippen molar-refractivity contribution in [2.75, 3.05) is 23.3 Å². The van der Waals surface area contributed by atoms with Crippen LogP contribution in [0.25, 0.3) is 0 Å². The average Bonchev–Trinajstić information content (AvgIpc) is 2.61. The van der Waals surface area contributed by atoms with E-state index in [9.17, 15) is 19.4 Å². The Bertz CT molecular complexity index is 540. The smallest absolute Gasteiger partial charge is 0.257 e. The maximum atomic E-state index is 14.2. The number of anilines is 2. The fraction of sp³-hybridized carbons (Fsp3) is 0.500. The second-order valence-corrected chi connectivity index (χ2v) is 5.61. The first-order valence-corrected chi connectivity index (χ1v) is 6.52. The van der Waals surface area contributed by atoms with Gasteiger partial charge in [-0.2, -0.15) is 0 Å². The number of rotatable bonds is 4. The topological polar surface area (TPSA) is 72.8 Å². The first-order chi connectivity index (χ1) is 9.23. The summed E-state index contributed by atoms with van der Waals surface area (Å²) in [6.45, 7) is 5.91. The summed E-state index contributed by atoms with van der Waals surface area (Å²) in [7, 11) is 0. The minimum atomic E-state index is -1.32. The number of hydrogen-bond donors (Lipinski definition) is 3. The number of nitrogens with zero attached hydrogens (tertiary/aromatic N) is 1. The van der Waals surface area contributed by atoms with Gasteiger partial charge in [-0.3, -0.25) is 4.79 Å². The quantitative estimate of drug-likeness (QED) is 0.780. The Morgan fingerprint density at radius 3 is 2.65 bits per heavy atom. The summed E-state index contributed by atoms with van der Waals surface area (Å²) < 4.78 is 14.2. The van der Waals surface area contributed by atoms with Crippen molar-refractivity contribution >= 4 is 17.3 Å². The fourth-order valence-electron chi connectivity index (χ4n) is 2.33. The highest BCUT2D eigenvalue weighted by Gasteiger charge is 2.31. The summed E-state index contributed by atoms with van der Waals surface area (Å²) in [5.74, 6) is -1.08. The third-order valence-electron chi connectivity index (χ3n) is 3.22. The number of aliphatic hydroxyl groups excluding tert-OH is 1. The second kappa shape index (κ2) is 5.03. The van der Waals surface area contributed by atoms with E-state index in [1.54, 1.807) is 18.7 Å². The van der Waals surface area contributed by atoms with E-state index in [0.717, 1.165) is 0 Å². The number of fused-ring (bicyclic) bond motifs is 1. The van der Waals surface area contributed by atoms with Crippen LogP contribution in [0, 0.1) is 5.82 Å². The van der Waals surface area contributed by atoms with Crippen molar-refractivity contribution in [3.63, 3.8) is 0 Å². The molecular weight excluding hydrogens is 263 g/mol. The van der Waals surface area contributed by atoms with Crippen LogP contribution in [-0.4, -0.2) is 34.8 Å². The number of likely N-dealkylation sites (N-methyl/N-ethyl adjacent to an activating group) is 1. The second-order valence-electron chi connectivity index (χ2n) is 5.61. The highest BCUT2D eigenvalue weighted by atomic mass is 19.1. The number of nitrogens with one attached hydrogen (secondary N) is 1. The van der Waals surface area contributed by atoms with E-state index in [-0.39, 0.29) is 12.1 Å². The zero-order chi connectivity index (χ0) is 15.1. The molecule has 1 atom stereocenters. The lowest BCUT2D eigenvalue weighted by Crippen LogP contribution is -2.39. The van der Waals surface area contributed by atoms with Crippen LogP contribution in [0.15, 0.2) is 12.1 Å². The summed E-state index contributed by atoms with van der Waals surface area (Å²) in [6, 6.07) is 2.66. The van der Waals surface area contributed by atoms with E-state index in [4.69, 9.17) is 0 Å². The van der Waals surface area contributed by atoms with E-state index in [0.29, 0.717) is 17.9 Å². The molecule has 0 aliphatic carbocycles. The summed E-state index contributed by atoms with van der Waals surface area (Å²) in [5, 5.41) is 22.0. The zero-order valence-corrected chi connectivity index (χ0v) is 11.8. The minimum absolute atomic E-state index is 0.246. The minimum Gasteiger partial charge on any atom is -0.389 e. The summed E-state index contributed by atoms with van der Waals surface area (Å²) in [4.78, 5) is 13.1. The van der Waals surface area contributed by atoms with Gasteiger partial charge in [-0.05, 0) is 32.9 Å². The molecule has 0 fully saturated rings. The van der Waals surface area contributed by atoms with Gasteiger partial charge in [-0.25, -0.2) is 4.39 Å². The predicted octanol–water partition coefficient (Wildman–Crippen LogP) is 1.41. The molecule has 1 amide bonds. The van der Waals surface area contributed by atoms with Gasteiger partial charge in [0.2, 0.25) is 0 Å². The molecule has 0 saturated heterocycles. The lowest BCUT2D eigenvalue weighted by atomic mass is 10.1. The first kappa shape index (κ1) is 14.7. The van der Waals surface area contributed by atoms with Gasteiger partial charge in [-0.15, -0.1) is 0 Å². The Labute approximate surface area is 117 Å². The Hall–Kier alpha value is -1.66. The number of benzene rings is 1. The standard InChI is InChI=1S/C14H19FN2O3/c1-4-17(7-14(2,3)20)11-6-10-8(5-9(11)15)12(18)13(19)16-10/h5-6,12,18,20H,4,7H2,1-3H3,(H,16,19). The molecule has 1 aliphatic rings. The van der Waals surface area contributed by atoms with Crippen LogP contribution >= 0.6 is 0 Å². The molecule has 1 aromatic rings. The number of hydrogen-bond acceptors (Lipinski definition) is 4. The molecule has 1 aromatic carbocycles. The van der Waals surface area contributed by atoms with E-state index in [2.05, 4.69) is 5.32 Å². The number of carbonyl (C=O) groups is 1. The zero-order valence-electron chi connectivity index (χ0n) is 11.8. The van der Waals surface area contributed by atoms with Crippen LogP contribution < -0.4 is 10.2 Å². The monoisotopic (exact) mass is 282 g/mol. The maximum absolute atomic E-state index is 14.2. The average molecular weight is 282 g/mol. The van der Waals surface area contributed by atoms with Crippen molar-refractivity contribution in [3.05, 3.63) is 23.5 Å². The van der Waals surface area contributed by atoms with E-state index < -0.39 is 23.4 Å². The van der Waals surface area contributed by atoms with Crippen molar-refractivity contribution < 1.29 is 19.4 Å². The van der Waals surface area contributed by atoms with E-state index >= 15 is 0 Å². The maximum Gasteiger partial charge on any atom is 0.257 e. The van der Waals surface area contributed by atoms with Crippen molar-refractivity contribution in [2.24, 2.45) is 0 Å². The van der Waals surface area contributed by atoms with Gasteiger partial charge in [0.05, 0.1) is 11.3 Å². The van der Waals surface area contributed by atoms with Gasteiger partial charge in [0.15, 0.2) is 6.10 Å². The predicted molar refractivity (Wildman–Crippen MR) is 74.2 cm³/mol. The highest BCUT2D eigenvalue weighted by Crippen LogP contribution is 2.36. The van der Waals surface area contributed by atoms with Crippen LogP contribution in [0.1, 0.15) is 32.4 Å². The third kappa shape index (κ3) is 2.76. The Morgan fingerprint density at radius 1 is 1.45 bits per heavy atom. The molecule has 6 heteroatoms. The normalized spacial score (nSPS) is 17.9. The molecule has 0 spiro atoms. The summed E-state index contributed by atoms with van der Waals surface area (Å²) >= 11 is 0. The molecule has 0 aromatic heterocycles. The summed E-state index contributed by atoms with van der Waals surface area (Å²) in [5.41, 5.74) is -0.0176. The van der Waals surface area contributed by atoms with Crippen LogP contribution in [0.4, 0.5) is 15.8 Å². The van der Waals surface area contributed by atoms with Crippen LogP contribution in [0.5, 0.6) is 0 Å². The molecule has 110 valence electrons. The lowest BCUT2D eigenvalue weighted by Gasteiger charge is -2.30. The molecular formula is C14H19FN2O3. The molecule has 5 nitrogen and oxygen atoms in total. The largest absolute Gasteiger partial charge is 0.389 e. The molecule has 0 radical (unpaired) electrons. The van der Waals surface area contributed by atoms with Gasteiger partial charge >= 0.3 is 0 Å². The van der Waals surface area contributed by atoms with Gasteiger partial charge in [-0.1, -0.05) is 0 Å². The third-order valence-corrected chi connectivity index (χ3v) is 3.22. The fourth-order valence-corrected chi connectivity index (χ4v) is 2.33. The molecule has 1 aliphatic heterocycles. The number of amides is 1. The van der Waals surface area contributed by atoms with E-state index in [1.165, 1.54) is 12.1 Å². The SMILES string of the molecule is CCN(CC(C)(C)O)c1cc2c(cc1F)C(O)C(=O)N2. The van der Waals surface area contributed by atoms with Gasteiger partial charge < -0.3 is 20.4 Å². The molecule has 1 heterocycles. The van der Waals surface area contributed by atoms with Crippen LogP contribution in [0.3, 0.4) is 0 Å². The van der Waals surface area contributed by atoms with Crippen molar-refractivity contribution in [1.82, 2.24) is 0 Å². The molecule has 1 unspecified atom stereocenters. The number of aliphatic hydroxyl groups is 2. The van der Waals surface area contributed by atoms with Crippen molar-refractivity contribution in [2.45, 2.75) is 32.5 Å². The van der Waals surface area contributed by atoms with Gasteiger partial charge in [0, 0.05) is 24.3 Å². The van der Waals surface area contributed by atoms with Gasteiger partial charge in [0.25, 0.3) is 5.91 Å². The van der Waals surface area contributed by atoms with E-state index in [1.807, 2.05) is 6.92 Å². The number of halogens is 1. The Balaban J connectivity index is 2.38. The van der Waals surface area contributed by atoms with Crippen LogP contribution in [-0.2, 0) is 4.79 Å². The molecule has 3 N–H and O–H groups in total. The Kier molecular flexibility index (Phi) is 3.71. The summed E-state index contributed by atoms with van der Waals surface area (Å²) in [6.07, 6.45) is -1.32. The molecule has 0 bridgehead atoms. The molecule has 20 heavy (non-hydrogen) atoms. The van der Waals surface area contributed by atoms with Crippen molar-refractivity contribution in [3.8, 4) is 0 Å². The van der Waals surface area contributed by atoms with Crippen molar-refractivity contribution in [1.29, 1.82) is 0 Å². The molecule has 0 saturated carbocycles. The lowest BCUT2D eigenvalue weighted by molar-refractivity contribution is -0.123. The highest BCUT2D eigenvalue weighted by molar-refractivity contribution is 6.02. The number of carbonyl (C=O) groups excluding carboxylic acids is 1. The Morgan fingerprint density at radius 2 is 2.10 bits per heavy atom. The van der Waals surface area contributed by atoms with Crippen LogP contribution in [0.2, 0.25) is 0 Å². The first-order valence-electron chi connectivity index (χ1n) is 6.52. The molecule has 2 rings (SSSR count). The van der Waals surface area contributed by atoms with Gasteiger partial charge in [0.1, 0.15) is 5.82 Å².